The maximum absolute atomic E-state index is 13.2. The number of amides is 1. The van der Waals surface area contributed by atoms with E-state index in [0.717, 1.165) is 5.75 Å². The predicted molar refractivity (Wildman–Crippen MR) is 80.2 cm³/mol. The van der Waals surface area contributed by atoms with Crippen LogP contribution in [0.3, 0.4) is 0 Å². The van der Waals surface area contributed by atoms with E-state index in [-0.39, 0.29) is 23.7 Å². The fraction of sp³-hybridized carbons (Fsp3) is 0.571. The molecule has 1 aromatic heterocycles. The number of hydrogen-bond acceptors (Lipinski definition) is 5. The molecule has 1 aliphatic carbocycles. The molecule has 0 bridgehead atoms. The van der Waals surface area contributed by atoms with E-state index in [1.807, 2.05) is 0 Å². The van der Waals surface area contributed by atoms with E-state index in [0.29, 0.717) is 30.2 Å². The van der Waals surface area contributed by atoms with Crippen molar-refractivity contribution in [1.82, 2.24) is 15.3 Å². The summed E-state index contributed by atoms with van der Waals surface area (Å²) in [5.41, 5.74) is -0.456. The van der Waals surface area contributed by atoms with E-state index in [2.05, 4.69) is 20.3 Å². The molecule has 5 nitrogen and oxygen atoms in total. The summed E-state index contributed by atoms with van der Waals surface area (Å²) in [6, 6.07) is 0. The van der Waals surface area contributed by atoms with Crippen LogP contribution in [0.5, 0.6) is 0 Å². The second-order valence-electron chi connectivity index (χ2n) is 5.51. The Morgan fingerprint density at radius 1 is 1.35 bits per heavy atom. The van der Waals surface area contributed by atoms with Crippen molar-refractivity contribution in [2.45, 2.75) is 32.4 Å². The molecule has 1 amide bonds. The number of hydrogen-bond donors (Lipinski definition) is 1. The van der Waals surface area contributed by atoms with Gasteiger partial charge in [-0.1, -0.05) is 11.8 Å². The van der Waals surface area contributed by atoms with Gasteiger partial charge in [-0.25, -0.2) is 9.97 Å². The fourth-order valence-corrected chi connectivity index (χ4v) is 3.54. The summed E-state index contributed by atoms with van der Waals surface area (Å²) in [6.45, 7) is 2.10. The van der Waals surface area contributed by atoms with Gasteiger partial charge in [-0.05, 0) is 26.2 Å². The zero-order valence-corrected chi connectivity index (χ0v) is 13.2. The summed E-state index contributed by atoms with van der Waals surface area (Å²) in [6.07, 6.45) is -3.71. The number of aromatic nitrogens is 2. The zero-order valence-electron chi connectivity index (χ0n) is 12.4. The predicted octanol–water partition coefficient (Wildman–Crippen LogP) is 2.13. The van der Waals surface area contributed by atoms with Gasteiger partial charge >= 0.3 is 6.18 Å². The number of carbonyl (C=O) groups is 1. The number of fused-ring (bicyclic) bond motifs is 1. The van der Waals surface area contributed by atoms with Crippen molar-refractivity contribution in [1.29, 1.82) is 0 Å². The molecule has 0 radical (unpaired) electrons. The van der Waals surface area contributed by atoms with Crippen LogP contribution in [-0.2, 0) is 23.8 Å². The molecule has 0 spiro atoms. The molecule has 1 N–H and O–H groups in total. The summed E-state index contributed by atoms with van der Waals surface area (Å²) in [4.78, 5) is 24.1. The lowest BCUT2D eigenvalue weighted by Crippen LogP contribution is -2.37. The van der Waals surface area contributed by atoms with Crippen LogP contribution < -0.4 is 5.32 Å². The minimum atomic E-state index is -4.54. The largest absolute Gasteiger partial charge is 0.433 e. The molecule has 0 saturated carbocycles. The monoisotopic (exact) mass is 344 g/mol. The summed E-state index contributed by atoms with van der Waals surface area (Å²) >= 11 is 1.44. The number of amidine groups is 1. The molecule has 124 valence electrons. The third-order valence-electron chi connectivity index (χ3n) is 3.84. The summed E-state index contributed by atoms with van der Waals surface area (Å²) in [5.74, 6) is 0.126. The fourth-order valence-electron chi connectivity index (χ4n) is 2.81. The number of rotatable bonds is 1. The molecular formula is C14H15F3N4OS. The summed E-state index contributed by atoms with van der Waals surface area (Å²) in [7, 11) is 0. The highest BCUT2D eigenvalue weighted by molar-refractivity contribution is 8.14. The minimum Gasteiger partial charge on any atom is -0.305 e. The van der Waals surface area contributed by atoms with Gasteiger partial charge in [0, 0.05) is 22.9 Å². The van der Waals surface area contributed by atoms with Gasteiger partial charge in [0.25, 0.3) is 0 Å². The second-order valence-corrected chi connectivity index (χ2v) is 6.59. The van der Waals surface area contributed by atoms with Crippen molar-refractivity contribution >= 4 is 22.8 Å². The van der Waals surface area contributed by atoms with Crippen molar-refractivity contribution in [3.8, 4) is 0 Å². The van der Waals surface area contributed by atoms with E-state index in [4.69, 9.17) is 0 Å². The lowest BCUT2D eigenvalue weighted by molar-refractivity contribution is -0.142. The highest BCUT2D eigenvalue weighted by atomic mass is 32.2. The van der Waals surface area contributed by atoms with Gasteiger partial charge in [0.1, 0.15) is 5.82 Å². The number of alkyl halides is 3. The number of carbonyl (C=O) groups excluding carboxylic acids is 1. The first-order valence-electron chi connectivity index (χ1n) is 7.26. The van der Waals surface area contributed by atoms with Crippen LogP contribution in [0, 0.1) is 12.8 Å². The Kier molecular flexibility index (Phi) is 4.31. The molecule has 1 aliphatic heterocycles. The van der Waals surface area contributed by atoms with E-state index < -0.39 is 17.8 Å². The normalized spacial score (nSPS) is 20.9. The first-order valence-corrected chi connectivity index (χ1v) is 8.25. The van der Waals surface area contributed by atoms with Gasteiger partial charge in [0.05, 0.1) is 6.54 Å². The summed E-state index contributed by atoms with van der Waals surface area (Å²) in [5, 5.41) is 3.25. The van der Waals surface area contributed by atoms with E-state index in [9.17, 15) is 18.0 Å². The number of halogens is 3. The molecule has 0 aromatic carbocycles. The van der Waals surface area contributed by atoms with Crippen molar-refractivity contribution in [3.63, 3.8) is 0 Å². The van der Waals surface area contributed by atoms with Gasteiger partial charge in [0.2, 0.25) is 5.91 Å². The SMILES string of the molecule is Cc1nc2c(c(C(F)(F)F)n1)C[C@@H](C(=O)NC1=NCCS1)CC2. The summed E-state index contributed by atoms with van der Waals surface area (Å²) < 4.78 is 39.6. The van der Waals surface area contributed by atoms with Crippen LogP contribution in [0.4, 0.5) is 13.2 Å². The number of aryl methyl sites for hydroxylation is 2. The number of aliphatic imine (C=N–C) groups is 1. The van der Waals surface area contributed by atoms with Gasteiger partial charge in [-0.3, -0.25) is 9.79 Å². The lowest BCUT2D eigenvalue weighted by Gasteiger charge is -2.25. The van der Waals surface area contributed by atoms with Gasteiger partial charge in [-0.15, -0.1) is 0 Å². The van der Waals surface area contributed by atoms with Crippen molar-refractivity contribution < 1.29 is 18.0 Å². The van der Waals surface area contributed by atoms with E-state index >= 15 is 0 Å². The lowest BCUT2D eigenvalue weighted by atomic mass is 9.85. The first kappa shape index (κ1) is 16.2. The Morgan fingerprint density at radius 3 is 2.78 bits per heavy atom. The maximum atomic E-state index is 13.2. The van der Waals surface area contributed by atoms with Crippen LogP contribution in [-0.4, -0.2) is 33.3 Å². The molecule has 0 unspecified atom stereocenters. The average molecular weight is 344 g/mol. The molecule has 0 saturated heterocycles. The standard InChI is InChI=1S/C14H15F3N4OS/c1-7-19-10-3-2-8(12(22)21-13-18-4-5-23-13)6-9(10)11(20-7)14(15,16)17/h8H,2-6H2,1H3,(H,18,21,22)/t8-/m0/s1. The molecule has 23 heavy (non-hydrogen) atoms. The topological polar surface area (TPSA) is 67.2 Å². The second kappa shape index (κ2) is 6.10. The van der Waals surface area contributed by atoms with Crippen LogP contribution in [0.1, 0.15) is 29.2 Å². The van der Waals surface area contributed by atoms with Crippen molar-refractivity contribution in [2.24, 2.45) is 10.9 Å². The number of thioether (sulfide) groups is 1. The molecule has 9 heteroatoms. The van der Waals surface area contributed by atoms with Gasteiger partial charge < -0.3 is 5.32 Å². The Hall–Kier alpha value is -1.64. The Morgan fingerprint density at radius 2 is 2.13 bits per heavy atom. The number of nitrogens with one attached hydrogen (secondary N) is 1. The number of nitrogens with zero attached hydrogens (tertiary/aromatic N) is 3. The Labute approximate surface area is 135 Å². The third-order valence-corrected chi connectivity index (χ3v) is 4.73. The third kappa shape index (κ3) is 3.49. The Bertz CT molecular complexity index is 675. The average Bonchev–Trinajstić information content (AvgIpc) is 2.97. The molecule has 3 rings (SSSR count). The molecule has 2 aliphatic rings. The molecule has 2 heterocycles. The van der Waals surface area contributed by atoms with Crippen LogP contribution in [0.15, 0.2) is 4.99 Å². The Balaban J connectivity index is 1.83. The first-order chi connectivity index (χ1) is 10.8. The van der Waals surface area contributed by atoms with Gasteiger partial charge in [0.15, 0.2) is 10.9 Å². The quantitative estimate of drug-likeness (QED) is 0.847. The van der Waals surface area contributed by atoms with E-state index in [1.165, 1.54) is 18.7 Å². The molecular weight excluding hydrogens is 329 g/mol. The van der Waals surface area contributed by atoms with Crippen LogP contribution in [0.25, 0.3) is 0 Å². The van der Waals surface area contributed by atoms with Crippen LogP contribution in [0.2, 0.25) is 0 Å². The highest BCUT2D eigenvalue weighted by Gasteiger charge is 2.40. The van der Waals surface area contributed by atoms with Crippen molar-refractivity contribution in [3.05, 3.63) is 22.8 Å². The molecule has 0 fully saturated rings. The van der Waals surface area contributed by atoms with Gasteiger partial charge in [-0.2, -0.15) is 13.2 Å². The van der Waals surface area contributed by atoms with Crippen molar-refractivity contribution in [2.75, 3.05) is 12.3 Å². The molecule has 1 aromatic rings. The van der Waals surface area contributed by atoms with E-state index in [1.54, 1.807) is 0 Å². The smallest absolute Gasteiger partial charge is 0.305 e. The maximum Gasteiger partial charge on any atom is 0.433 e. The molecule has 1 atom stereocenters. The highest BCUT2D eigenvalue weighted by Crippen LogP contribution is 2.36. The zero-order chi connectivity index (χ0) is 16.6. The van der Waals surface area contributed by atoms with Crippen LogP contribution >= 0.6 is 11.8 Å². The minimum absolute atomic E-state index is 0.00817.